The number of benzene rings is 1. The standard InChI is InChI=1S/C23H20F3N3O4S/c1-2-32-22(31)29-9-8-14-17(11-29)34-21-18(14)20(30)27-19(28-21)16-7-6-15(33-16)12-4-3-5-13(10-12)23(24,25)26/h3-7,10,19,28H,2,8-9,11H2,1H3,(H,27,30)/t19-/m1/s1. The molecule has 0 spiro atoms. The number of amides is 2. The lowest BCUT2D eigenvalue weighted by atomic mass is 10.0. The van der Waals surface area contributed by atoms with Crippen LogP contribution in [-0.2, 0) is 23.9 Å². The lowest BCUT2D eigenvalue weighted by molar-refractivity contribution is -0.137. The van der Waals surface area contributed by atoms with Crippen molar-refractivity contribution in [1.29, 1.82) is 0 Å². The highest BCUT2D eigenvalue weighted by Crippen LogP contribution is 2.41. The predicted octanol–water partition coefficient (Wildman–Crippen LogP) is 5.40. The molecule has 1 atom stereocenters. The van der Waals surface area contributed by atoms with Gasteiger partial charge in [0.15, 0.2) is 6.17 Å². The molecule has 34 heavy (non-hydrogen) atoms. The van der Waals surface area contributed by atoms with E-state index in [0.29, 0.717) is 42.4 Å². The molecule has 0 aliphatic carbocycles. The van der Waals surface area contributed by atoms with E-state index in [2.05, 4.69) is 10.6 Å². The molecule has 0 bridgehead atoms. The molecule has 0 unspecified atom stereocenters. The topological polar surface area (TPSA) is 83.8 Å². The van der Waals surface area contributed by atoms with Gasteiger partial charge < -0.3 is 24.7 Å². The van der Waals surface area contributed by atoms with Gasteiger partial charge in [0.2, 0.25) is 0 Å². The third-order valence-electron chi connectivity index (χ3n) is 5.75. The molecule has 4 heterocycles. The maximum Gasteiger partial charge on any atom is 0.416 e. The molecule has 1 aromatic carbocycles. The first-order valence-corrected chi connectivity index (χ1v) is 11.5. The molecule has 0 saturated heterocycles. The van der Waals surface area contributed by atoms with E-state index in [0.717, 1.165) is 22.6 Å². The Morgan fingerprint density at radius 3 is 2.85 bits per heavy atom. The molecule has 7 nitrogen and oxygen atoms in total. The summed E-state index contributed by atoms with van der Waals surface area (Å²) in [4.78, 5) is 27.5. The monoisotopic (exact) mass is 491 g/mol. The average Bonchev–Trinajstić information content (AvgIpc) is 3.43. The Bertz CT molecular complexity index is 1270. The minimum atomic E-state index is -4.46. The van der Waals surface area contributed by atoms with Gasteiger partial charge in [-0.1, -0.05) is 12.1 Å². The first kappa shape index (κ1) is 22.3. The Kier molecular flexibility index (Phi) is 5.51. The molecule has 2 amide bonds. The van der Waals surface area contributed by atoms with Crippen LogP contribution in [0.25, 0.3) is 11.3 Å². The fraction of sp³-hybridized carbons (Fsp3) is 0.304. The molecule has 3 aromatic rings. The number of carbonyl (C=O) groups is 2. The van der Waals surface area contributed by atoms with Crippen molar-refractivity contribution in [2.75, 3.05) is 18.5 Å². The Hall–Kier alpha value is -3.47. The predicted molar refractivity (Wildman–Crippen MR) is 118 cm³/mol. The van der Waals surface area contributed by atoms with Crippen LogP contribution in [0, 0.1) is 0 Å². The van der Waals surface area contributed by atoms with Crippen LogP contribution in [0.15, 0.2) is 40.8 Å². The van der Waals surface area contributed by atoms with Gasteiger partial charge in [-0.15, -0.1) is 11.3 Å². The van der Waals surface area contributed by atoms with E-state index >= 15 is 0 Å². The van der Waals surface area contributed by atoms with Crippen molar-refractivity contribution in [3.05, 3.63) is 63.7 Å². The summed E-state index contributed by atoms with van der Waals surface area (Å²) in [6.07, 6.45) is -4.98. The summed E-state index contributed by atoms with van der Waals surface area (Å²) in [6.45, 7) is 2.87. The number of ether oxygens (including phenoxy) is 1. The molecule has 2 N–H and O–H groups in total. The molecule has 178 valence electrons. The number of hydrogen-bond acceptors (Lipinski definition) is 6. The number of rotatable bonds is 3. The molecule has 2 aliphatic rings. The molecule has 2 aromatic heterocycles. The number of nitrogens with one attached hydrogen (secondary N) is 2. The second-order valence-corrected chi connectivity index (χ2v) is 9.01. The van der Waals surface area contributed by atoms with Gasteiger partial charge in [0.05, 0.1) is 24.3 Å². The van der Waals surface area contributed by atoms with Gasteiger partial charge >= 0.3 is 12.3 Å². The number of fused-ring (bicyclic) bond motifs is 3. The van der Waals surface area contributed by atoms with Crippen LogP contribution in [0.1, 0.15) is 45.2 Å². The number of furan rings is 1. The van der Waals surface area contributed by atoms with Gasteiger partial charge in [-0.05, 0) is 43.2 Å². The Labute approximate surface area is 196 Å². The van der Waals surface area contributed by atoms with Crippen LogP contribution < -0.4 is 10.6 Å². The molecule has 0 radical (unpaired) electrons. The molecule has 0 fully saturated rings. The molecule has 2 aliphatic heterocycles. The van der Waals surface area contributed by atoms with Crippen LogP contribution in [0.3, 0.4) is 0 Å². The van der Waals surface area contributed by atoms with Crippen molar-refractivity contribution in [3.63, 3.8) is 0 Å². The van der Waals surface area contributed by atoms with E-state index < -0.39 is 17.9 Å². The van der Waals surface area contributed by atoms with Gasteiger partial charge in [0.1, 0.15) is 16.5 Å². The van der Waals surface area contributed by atoms with Crippen LogP contribution >= 0.6 is 11.3 Å². The molecule has 5 rings (SSSR count). The highest BCUT2D eigenvalue weighted by Gasteiger charge is 2.35. The van der Waals surface area contributed by atoms with Crippen LogP contribution in [0.2, 0.25) is 0 Å². The number of carbonyl (C=O) groups excluding carboxylic acids is 2. The lowest BCUT2D eigenvalue weighted by Crippen LogP contribution is -2.39. The molecular weight excluding hydrogens is 471 g/mol. The maximum absolute atomic E-state index is 13.1. The number of thiophene rings is 1. The van der Waals surface area contributed by atoms with Crippen LogP contribution in [-0.4, -0.2) is 30.1 Å². The molecular formula is C23H20F3N3O4S. The van der Waals surface area contributed by atoms with Crippen molar-refractivity contribution in [1.82, 2.24) is 10.2 Å². The minimum absolute atomic E-state index is 0.262. The van der Waals surface area contributed by atoms with Gasteiger partial charge in [0.25, 0.3) is 5.91 Å². The summed E-state index contributed by atoms with van der Waals surface area (Å²) in [5.41, 5.74) is 0.991. The Morgan fingerprint density at radius 1 is 1.26 bits per heavy atom. The summed E-state index contributed by atoms with van der Waals surface area (Å²) in [5, 5.41) is 6.77. The van der Waals surface area contributed by atoms with Gasteiger partial charge in [-0.3, -0.25) is 4.79 Å². The smallest absolute Gasteiger partial charge is 0.416 e. The zero-order chi connectivity index (χ0) is 24.0. The third-order valence-corrected chi connectivity index (χ3v) is 6.89. The normalized spacial score (nSPS) is 17.5. The van der Waals surface area contributed by atoms with Crippen molar-refractivity contribution in [2.45, 2.75) is 32.2 Å². The van der Waals surface area contributed by atoms with E-state index in [4.69, 9.17) is 9.15 Å². The zero-order valence-corrected chi connectivity index (χ0v) is 18.8. The number of hydrogen-bond donors (Lipinski definition) is 2. The summed E-state index contributed by atoms with van der Waals surface area (Å²) in [5.74, 6) is 0.363. The highest BCUT2D eigenvalue weighted by atomic mass is 32.1. The summed E-state index contributed by atoms with van der Waals surface area (Å²) >= 11 is 1.40. The summed E-state index contributed by atoms with van der Waals surface area (Å²) in [7, 11) is 0. The van der Waals surface area contributed by atoms with Crippen molar-refractivity contribution < 1.29 is 31.9 Å². The second-order valence-electron chi connectivity index (χ2n) is 7.91. The fourth-order valence-electron chi connectivity index (χ4n) is 4.14. The van der Waals surface area contributed by atoms with Gasteiger partial charge in [0, 0.05) is 17.0 Å². The first-order valence-electron chi connectivity index (χ1n) is 10.7. The van der Waals surface area contributed by atoms with Crippen molar-refractivity contribution >= 4 is 28.3 Å². The number of alkyl halides is 3. The number of nitrogens with zero attached hydrogens (tertiary/aromatic N) is 1. The van der Waals surface area contributed by atoms with E-state index in [-0.39, 0.29) is 23.3 Å². The van der Waals surface area contributed by atoms with E-state index in [1.165, 1.54) is 23.5 Å². The minimum Gasteiger partial charge on any atom is -0.457 e. The lowest BCUT2D eigenvalue weighted by Gasteiger charge is -2.27. The van der Waals surface area contributed by atoms with E-state index in [1.54, 1.807) is 24.0 Å². The molecule has 11 heteroatoms. The number of anilines is 1. The number of halogens is 3. The largest absolute Gasteiger partial charge is 0.457 e. The van der Waals surface area contributed by atoms with Crippen molar-refractivity contribution in [2.24, 2.45) is 0 Å². The van der Waals surface area contributed by atoms with Crippen LogP contribution in [0.5, 0.6) is 0 Å². The molecule has 0 saturated carbocycles. The first-order chi connectivity index (χ1) is 16.2. The summed E-state index contributed by atoms with van der Waals surface area (Å²) < 4.78 is 50.0. The third kappa shape index (κ3) is 4.00. The van der Waals surface area contributed by atoms with Crippen molar-refractivity contribution in [3.8, 4) is 11.3 Å². The average molecular weight is 491 g/mol. The van der Waals surface area contributed by atoms with E-state index in [9.17, 15) is 22.8 Å². The quantitative estimate of drug-likeness (QED) is 0.513. The van der Waals surface area contributed by atoms with E-state index in [1.807, 2.05) is 0 Å². The Morgan fingerprint density at radius 2 is 2.09 bits per heavy atom. The summed E-state index contributed by atoms with van der Waals surface area (Å²) in [6, 6.07) is 8.07. The highest BCUT2D eigenvalue weighted by molar-refractivity contribution is 7.16. The fourth-order valence-corrected chi connectivity index (χ4v) is 5.43. The van der Waals surface area contributed by atoms with Gasteiger partial charge in [-0.25, -0.2) is 4.79 Å². The Balaban J connectivity index is 1.37. The zero-order valence-electron chi connectivity index (χ0n) is 18.0. The van der Waals surface area contributed by atoms with Gasteiger partial charge in [-0.2, -0.15) is 13.2 Å². The second kappa shape index (κ2) is 8.39. The SMILES string of the molecule is CCOC(=O)N1CCc2c(sc3c2C(=O)N[C@@H](c2ccc(-c4cccc(C(F)(F)F)c4)o2)N3)C1. The maximum atomic E-state index is 13.1. The van der Waals surface area contributed by atoms with Crippen LogP contribution in [0.4, 0.5) is 23.0 Å².